The second kappa shape index (κ2) is 19.6. The van der Waals surface area contributed by atoms with Gasteiger partial charge in [-0.15, -0.1) is 0 Å². The maximum absolute atomic E-state index is 13.8. The molecule has 0 aliphatic rings. The monoisotopic (exact) mass is 849 g/mol. The quantitative estimate of drug-likeness (QED) is 0.0272. The van der Waals surface area contributed by atoms with Gasteiger partial charge in [-0.3, -0.25) is 39.4 Å². The van der Waals surface area contributed by atoms with Crippen LogP contribution in [-0.2, 0) is 0 Å². The van der Waals surface area contributed by atoms with Gasteiger partial charge >= 0.3 is 0 Å². The molecule has 19 nitrogen and oxygen atoms in total. The lowest BCUT2D eigenvalue weighted by molar-refractivity contribution is -0.384. The number of hydrogen-bond acceptors (Lipinski definition) is 13. The molecule has 2 aromatic heterocycles. The van der Waals surface area contributed by atoms with Gasteiger partial charge in [-0.05, 0) is 97.6 Å². The summed E-state index contributed by atoms with van der Waals surface area (Å²) in [6.07, 6.45) is 1.23. The first-order valence-corrected chi connectivity index (χ1v) is 20.2. The summed E-state index contributed by atoms with van der Waals surface area (Å²) in [5.74, 6) is -0.754. The van der Waals surface area contributed by atoms with Gasteiger partial charge in [-0.2, -0.15) is 0 Å². The lowest BCUT2D eigenvalue weighted by Gasteiger charge is -2.18. The third-order valence-electron chi connectivity index (χ3n) is 10.5. The number of nitro groups is 2. The van der Waals surface area contributed by atoms with Crippen molar-refractivity contribution in [1.29, 1.82) is 0 Å². The summed E-state index contributed by atoms with van der Waals surface area (Å²) in [6, 6.07) is 14.7. The van der Waals surface area contributed by atoms with E-state index in [0.717, 1.165) is 0 Å². The van der Waals surface area contributed by atoms with Crippen LogP contribution in [0, 0.1) is 20.2 Å². The molecule has 6 aromatic rings. The minimum atomic E-state index is -0.555. The third kappa shape index (κ3) is 10.1. The van der Waals surface area contributed by atoms with Gasteiger partial charge in [0.05, 0.1) is 64.6 Å². The minimum Gasteiger partial charge on any atom is -0.383 e. The highest BCUT2D eigenvalue weighted by Gasteiger charge is 2.21. The number of nitrogens with one attached hydrogen (secondary N) is 6. The summed E-state index contributed by atoms with van der Waals surface area (Å²) < 4.78 is 0. The van der Waals surface area contributed by atoms with E-state index < -0.39 is 20.7 Å². The number of H-pyrrole nitrogens is 2. The highest BCUT2D eigenvalue weighted by Crippen LogP contribution is 2.29. The number of non-ortho nitro benzene ring substituents is 2. The molecule has 0 bridgehead atoms. The molecule has 6 rings (SSSR count). The Balaban J connectivity index is 1.07. The van der Waals surface area contributed by atoms with Crippen LogP contribution in [-0.4, -0.2) is 134 Å². The van der Waals surface area contributed by atoms with Crippen LogP contribution in [0.5, 0.6) is 0 Å². The molecule has 0 saturated heterocycles. The molecule has 0 spiro atoms. The van der Waals surface area contributed by atoms with E-state index in [1.54, 1.807) is 24.3 Å². The van der Waals surface area contributed by atoms with Gasteiger partial charge in [0.25, 0.3) is 23.2 Å². The number of fused-ring (bicyclic) bond motifs is 4. The Labute approximate surface area is 355 Å². The van der Waals surface area contributed by atoms with Gasteiger partial charge in [-0.25, -0.2) is 0 Å². The number of rotatable bonds is 20. The van der Waals surface area contributed by atoms with Crippen LogP contribution in [0.3, 0.4) is 0 Å². The van der Waals surface area contributed by atoms with Crippen LogP contribution in [0.25, 0.3) is 43.6 Å². The smallest absolute Gasteiger partial charge is 0.270 e. The van der Waals surface area contributed by atoms with Crippen LogP contribution in [0.2, 0.25) is 0 Å². The second-order valence-corrected chi connectivity index (χ2v) is 15.7. The molecule has 0 saturated carbocycles. The van der Waals surface area contributed by atoms with Crippen molar-refractivity contribution in [2.24, 2.45) is 0 Å². The zero-order valence-corrected chi connectivity index (χ0v) is 35.3. The number of nitrogens with zero attached hydrogens (tertiary/aromatic N) is 5. The highest BCUT2D eigenvalue weighted by atomic mass is 16.6. The molecule has 6 N–H and O–H groups in total. The lowest BCUT2D eigenvalue weighted by atomic mass is 10.0. The van der Waals surface area contributed by atoms with Gasteiger partial charge in [0.2, 0.25) is 0 Å². The number of likely N-dealkylation sites (N-methyl/N-ethyl adjacent to an activating group) is 2. The van der Waals surface area contributed by atoms with E-state index in [9.17, 15) is 39.4 Å². The molecule has 326 valence electrons. The Kier molecular flexibility index (Phi) is 14.1. The summed E-state index contributed by atoms with van der Waals surface area (Å²) in [4.78, 5) is 88.9. The van der Waals surface area contributed by atoms with Crippen molar-refractivity contribution >= 4 is 78.2 Å². The van der Waals surface area contributed by atoms with Crippen molar-refractivity contribution in [3.05, 3.63) is 112 Å². The number of aromatic nitrogens is 2. The van der Waals surface area contributed by atoms with Gasteiger partial charge in [-0.1, -0.05) is 0 Å². The van der Waals surface area contributed by atoms with Crippen LogP contribution >= 0.6 is 0 Å². The summed E-state index contributed by atoms with van der Waals surface area (Å²) in [6.45, 7) is 4.40. The van der Waals surface area contributed by atoms with Gasteiger partial charge in [0, 0.05) is 74.9 Å². The van der Waals surface area contributed by atoms with E-state index in [4.69, 9.17) is 0 Å². The lowest BCUT2D eigenvalue weighted by Crippen LogP contribution is -2.31. The average molecular weight is 850 g/mol. The molecule has 0 atom stereocenters. The Morgan fingerprint density at radius 3 is 1.35 bits per heavy atom. The fraction of sp³-hybridized carbons (Fsp3) is 0.349. The first-order valence-electron chi connectivity index (χ1n) is 20.2. The third-order valence-corrected chi connectivity index (χ3v) is 10.5. The Bertz CT molecular complexity index is 2610. The molecular weight excluding hydrogens is 799 g/mol. The zero-order valence-electron chi connectivity index (χ0n) is 35.3. The van der Waals surface area contributed by atoms with Gasteiger partial charge < -0.3 is 45.9 Å². The number of anilines is 2. The Hall–Kier alpha value is -6.96. The summed E-state index contributed by atoms with van der Waals surface area (Å²) >= 11 is 0. The van der Waals surface area contributed by atoms with E-state index in [2.05, 4.69) is 36.1 Å². The van der Waals surface area contributed by atoms with Crippen LogP contribution in [0.15, 0.2) is 70.3 Å². The molecule has 2 heterocycles. The first kappa shape index (κ1) is 44.6. The fourth-order valence-electron chi connectivity index (χ4n) is 7.27. The van der Waals surface area contributed by atoms with E-state index in [-0.39, 0.29) is 55.9 Å². The van der Waals surface area contributed by atoms with E-state index in [0.29, 0.717) is 98.6 Å². The topological polar surface area (TPSA) is 244 Å². The molecule has 19 heteroatoms. The minimum absolute atomic E-state index is 0.149. The normalized spacial score (nSPS) is 11.6. The predicted molar refractivity (Wildman–Crippen MR) is 243 cm³/mol. The molecule has 0 aliphatic carbocycles. The van der Waals surface area contributed by atoms with Crippen molar-refractivity contribution in [3.8, 4) is 0 Å². The number of amides is 2. The number of carbonyl (C=O) groups is 2. The summed E-state index contributed by atoms with van der Waals surface area (Å²) in [5, 5.41) is 36.1. The Morgan fingerprint density at radius 1 is 0.581 bits per heavy atom. The molecular formula is C43H51N11O8. The number of hydrogen-bond donors (Lipinski definition) is 6. The van der Waals surface area contributed by atoms with E-state index in [1.807, 2.05) is 45.0 Å². The van der Waals surface area contributed by atoms with Crippen molar-refractivity contribution in [1.82, 2.24) is 35.3 Å². The molecule has 0 unspecified atom stereocenters. The fourth-order valence-corrected chi connectivity index (χ4v) is 7.27. The first-order chi connectivity index (χ1) is 29.6. The van der Waals surface area contributed by atoms with Crippen LogP contribution in [0.1, 0.15) is 33.6 Å². The molecule has 2 amide bonds. The van der Waals surface area contributed by atoms with Crippen molar-refractivity contribution in [2.45, 2.75) is 12.8 Å². The average Bonchev–Trinajstić information content (AvgIpc) is 3.23. The summed E-state index contributed by atoms with van der Waals surface area (Å²) in [7, 11) is 9.64. The number of benzene rings is 4. The maximum Gasteiger partial charge on any atom is 0.270 e. The number of pyridine rings is 2. The standard InChI is InChI=1S/C43H51N11O8/c1-50(2)22-18-44-34-14-10-28(38-36(34)40(55)30-24-26(53(59)60)8-12-32(30)48-38)42(57)46-16-6-20-52(5)21-7-17-47-43(58)29-11-15-35(45-19-23-51(3)4)37-39(29)49-33-13-9-27(54(61)62)25-31(33)41(37)56/h8-15,24-25,44-45H,6-7,16-23H2,1-5H3,(H,46,57)(H,47,58)(H,48,55)(H,49,56). The number of nitro benzene ring substituents is 2. The van der Waals surface area contributed by atoms with E-state index >= 15 is 0 Å². The molecule has 62 heavy (non-hydrogen) atoms. The molecule has 0 aliphatic heterocycles. The molecule has 0 fully saturated rings. The Morgan fingerprint density at radius 2 is 0.984 bits per heavy atom. The zero-order chi connectivity index (χ0) is 44.7. The van der Waals surface area contributed by atoms with Crippen LogP contribution < -0.4 is 32.1 Å². The van der Waals surface area contributed by atoms with Gasteiger partial charge in [0.15, 0.2) is 10.9 Å². The molecule has 4 aromatic carbocycles. The maximum atomic E-state index is 13.8. The van der Waals surface area contributed by atoms with Crippen molar-refractivity contribution in [2.75, 3.05) is 98.2 Å². The summed E-state index contributed by atoms with van der Waals surface area (Å²) in [5.41, 5.74) is 1.70. The highest BCUT2D eigenvalue weighted by molar-refractivity contribution is 6.12. The largest absolute Gasteiger partial charge is 0.383 e. The van der Waals surface area contributed by atoms with Crippen molar-refractivity contribution < 1.29 is 19.4 Å². The SMILES string of the molecule is CN(C)CCNc1ccc(C(=O)NCCCN(C)CCCNC(=O)c2ccc(NCCN(C)C)c3c(=O)c4cc([N+](=O)[O-])ccc4[nH]c23)c2[nH]c3ccc([N+](=O)[O-])cc3c(=O)c12. The number of carbonyl (C=O) groups excluding carboxylic acids is 2. The van der Waals surface area contributed by atoms with Crippen molar-refractivity contribution in [3.63, 3.8) is 0 Å². The second-order valence-electron chi connectivity index (χ2n) is 15.7. The molecule has 0 radical (unpaired) electrons. The van der Waals surface area contributed by atoms with E-state index in [1.165, 1.54) is 36.4 Å². The number of aromatic amines is 2. The van der Waals surface area contributed by atoms with Crippen LogP contribution in [0.4, 0.5) is 22.7 Å². The predicted octanol–water partition coefficient (Wildman–Crippen LogP) is 4.31. The van der Waals surface area contributed by atoms with Gasteiger partial charge in [0.1, 0.15) is 0 Å².